The summed E-state index contributed by atoms with van der Waals surface area (Å²) in [4.78, 5) is 27.5. The Labute approximate surface area is 207 Å². The maximum absolute atomic E-state index is 11.1. The van der Waals surface area contributed by atoms with Crippen LogP contribution in [-0.2, 0) is 11.2 Å². The van der Waals surface area contributed by atoms with Crippen LogP contribution in [0.3, 0.4) is 0 Å². The van der Waals surface area contributed by atoms with E-state index in [1.54, 1.807) is 23.2 Å². The number of nitrogens with one attached hydrogen (secondary N) is 2. The molecule has 9 nitrogen and oxygen atoms in total. The lowest BCUT2D eigenvalue weighted by molar-refractivity contribution is -0.118. The molecule has 0 aliphatic heterocycles. The van der Waals surface area contributed by atoms with Crippen molar-refractivity contribution in [2.24, 2.45) is 0 Å². The molecule has 180 valence electrons. The molecule has 0 spiro atoms. The Morgan fingerprint density at radius 2 is 1.86 bits per heavy atom. The molecule has 2 aromatic carbocycles. The van der Waals surface area contributed by atoms with Crippen molar-refractivity contribution in [3.8, 4) is 22.1 Å². The summed E-state index contributed by atoms with van der Waals surface area (Å²) in [6.07, 6.45) is 2.42. The van der Waals surface area contributed by atoms with E-state index in [0.29, 0.717) is 23.3 Å². The van der Waals surface area contributed by atoms with Crippen molar-refractivity contribution in [2.45, 2.75) is 20.3 Å². The highest BCUT2D eigenvalue weighted by molar-refractivity contribution is 7.19. The van der Waals surface area contributed by atoms with Crippen LogP contribution in [0.15, 0.2) is 54.7 Å². The van der Waals surface area contributed by atoms with E-state index >= 15 is 0 Å². The number of aromatic hydroxyl groups is 2. The number of rotatable bonds is 8. The fourth-order valence-electron chi connectivity index (χ4n) is 3.51. The van der Waals surface area contributed by atoms with Gasteiger partial charge < -0.3 is 25.7 Å². The van der Waals surface area contributed by atoms with Gasteiger partial charge in [-0.2, -0.15) is 0 Å². The number of hydrogen-bond acceptors (Lipinski definition) is 9. The van der Waals surface area contributed by atoms with Crippen LogP contribution < -0.4 is 15.5 Å². The third-order valence-corrected chi connectivity index (χ3v) is 6.46. The minimum absolute atomic E-state index is 0.0222. The minimum Gasteiger partial charge on any atom is -0.508 e. The zero-order chi connectivity index (χ0) is 24.9. The van der Waals surface area contributed by atoms with Crippen LogP contribution in [0.1, 0.15) is 18.2 Å². The third kappa shape index (κ3) is 6.04. The fraction of sp³-hybridized carbons (Fsp3) is 0.200. The van der Waals surface area contributed by atoms with E-state index in [1.807, 2.05) is 44.3 Å². The van der Waals surface area contributed by atoms with Crippen LogP contribution in [0.4, 0.5) is 22.5 Å². The summed E-state index contributed by atoms with van der Waals surface area (Å²) in [6.45, 7) is 4.00. The Morgan fingerprint density at radius 1 is 1.09 bits per heavy atom. The normalized spacial score (nSPS) is 10.7. The molecule has 0 aliphatic rings. The molecule has 0 aliphatic carbocycles. The summed E-state index contributed by atoms with van der Waals surface area (Å²) < 4.78 is 0. The van der Waals surface area contributed by atoms with Crippen molar-refractivity contribution in [3.05, 3.63) is 66.0 Å². The number of aromatic nitrogens is 3. The van der Waals surface area contributed by atoms with Gasteiger partial charge in [0.05, 0.1) is 22.0 Å². The number of anilines is 4. The minimum atomic E-state index is -0.0442. The van der Waals surface area contributed by atoms with Crippen LogP contribution in [0, 0.1) is 6.92 Å². The maximum atomic E-state index is 11.1. The first-order valence-electron chi connectivity index (χ1n) is 11.0. The Kier molecular flexibility index (Phi) is 7.11. The zero-order valence-electron chi connectivity index (χ0n) is 19.6. The first-order chi connectivity index (χ1) is 16.8. The van der Waals surface area contributed by atoms with Crippen molar-refractivity contribution >= 4 is 39.7 Å². The van der Waals surface area contributed by atoms with Gasteiger partial charge in [0.25, 0.3) is 0 Å². The predicted octanol–water partition coefficient (Wildman–Crippen LogP) is 4.51. The second-order valence-electron chi connectivity index (χ2n) is 8.00. The lowest BCUT2D eigenvalue weighted by atomic mass is 10.1. The summed E-state index contributed by atoms with van der Waals surface area (Å²) in [5.74, 6) is 0.372. The van der Waals surface area contributed by atoms with Gasteiger partial charge in [-0.1, -0.05) is 23.5 Å². The molecule has 0 radical (unpaired) electrons. The van der Waals surface area contributed by atoms with Gasteiger partial charge in [0.15, 0.2) is 5.13 Å². The smallest absolute Gasteiger partial charge is 0.227 e. The van der Waals surface area contributed by atoms with Gasteiger partial charge >= 0.3 is 0 Å². The molecule has 10 heteroatoms. The summed E-state index contributed by atoms with van der Waals surface area (Å²) in [5.41, 5.74) is 4.10. The first kappa shape index (κ1) is 24.0. The monoisotopic (exact) mass is 490 g/mol. The van der Waals surface area contributed by atoms with Gasteiger partial charge in [0, 0.05) is 50.6 Å². The van der Waals surface area contributed by atoms with Crippen LogP contribution in [0.2, 0.25) is 0 Å². The Hall–Kier alpha value is -4.18. The van der Waals surface area contributed by atoms with E-state index in [0.717, 1.165) is 33.9 Å². The molecule has 1 amide bonds. The number of benzene rings is 2. The van der Waals surface area contributed by atoms with E-state index in [1.165, 1.54) is 24.3 Å². The maximum Gasteiger partial charge on any atom is 0.227 e. The zero-order valence-corrected chi connectivity index (χ0v) is 20.4. The lowest BCUT2D eigenvalue weighted by Gasteiger charge is -2.16. The molecule has 2 heterocycles. The summed E-state index contributed by atoms with van der Waals surface area (Å²) in [5, 5.41) is 26.4. The van der Waals surface area contributed by atoms with Gasteiger partial charge in [-0.05, 0) is 37.1 Å². The Morgan fingerprint density at radius 3 is 2.60 bits per heavy atom. The fourth-order valence-corrected chi connectivity index (χ4v) is 4.53. The average Bonchev–Trinajstić information content (AvgIpc) is 3.20. The predicted molar refractivity (Wildman–Crippen MR) is 138 cm³/mol. The number of hydrogen-bond donors (Lipinski definition) is 4. The molecular weight excluding hydrogens is 464 g/mol. The Balaban J connectivity index is 1.53. The largest absolute Gasteiger partial charge is 0.508 e. The van der Waals surface area contributed by atoms with Gasteiger partial charge in [-0.3, -0.25) is 4.79 Å². The average molecular weight is 491 g/mol. The van der Waals surface area contributed by atoms with Crippen LogP contribution >= 0.6 is 11.3 Å². The van der Waals surface area contributed by atoms with Crippen molar-refractivity contribution in [3.63, 3.8) is 0 Å². The molecule has 4 aromatic rings. The van der Waals surface area contributed by atoms with Crippen molar-refractivity contribution in [1.29, 1.82) is 0 Å². The summed E-state index contributed by atoms with van der Waals surface area (Å²) >= 11 is 1.46. The molecule has 2 aromatic heterocycles. The van der Waals surface area contributed by atoms with Crippen molar-refractivity contribution in [2.75, 3.05) is 23.8 Å². The van der Waals surface area contributed by atoms with E-state index in [9.17, 15) is 15.0 Å². The quantitative estimate of drug-likeness (QED) is 0.284. The van der Waals surface area contributed by atoms with E-state index in [4.69, 9.17) is 0 Å². The number of phenols is 2. The number of carbonyl (C=O) groups excluding carboxylic acids is 1. The van der Waals surface area contributed by atoms with Gasteiger partial charge in [-0.25, -0.2) is 15.0 Å². The van der Waals surface area contributed by atoms with E-state index < -0.39 is 0 Å². The third-order valence-electron chi connectivity index (χ3n) is 5.21. The standard InChI is InChI=1S/C25H26N6O3S/c1-15-23(35-25(28-15)31(3)19-12-20(33)14-21(34)13-19)22-8-10-27-24(30-22)29-18-6-4-5-17(11-18)7-9-26-16(2)32/h4-6,8,10-14,33-34H,7,9H2,1-3H3,(H,26,32)(H,27,29,30). The molecule has 4 rings (SSSR count). The molecular formula is C25H26N6O3S. The number of amides is 1. The number of nitrogens with zero attached hydrogens (tertiary/aromatic N) is 4. The van der Waals surface area contributed by atoms with Gasteiger partial charge in [0.2, 0.25) is 11.9 Å². The van der Waals surface area contributed by atoms with Crippen molar-refractivity contribution < 1.29 is 15.0 Å². The first-order valence-corrected chi connectivity index (χ1v) is 11.8. The van der Waals surface area contributed by atoms with Crippen LogP contribution in [-0.4, -0.2) is 44.7 Å². The Bertz CT molecular complexity index is 1340. The second kappa shape index (κ2) is 10.4. The van der Waals surface area contributed by atoms with Crippen molar-refractivity contribution in [1.82, 2.24) is 20.3 Å². The van der Waals surface area contributed by atoms with Crippen LogP contribution in [0.5, 0.6) is 11.5 Å². The molecule has 0 bridgehead atoms. The number of thiazole rings is 1. The second-order valence-corrected chi connectivity index (χ2v) is 8.98. The van der Waals surface area contributed by atoms with Gasteiger partial charge in [0.1, 0.15) is 11.5 Å². The number of aryl methyl sites for hydroxylation is 1. The molecule has 0 fully saturated rings. The number of phenolic OH excluding ortho intramolecular Hbond substituents is 2. The molecule has 4 N–H and O–H groups in total. The topological polar surface area (TPSA) is 124 Å². The summed E-state index contributed by atoms with van der Waals surface area (Å²) in [7, 11) is 1.82. The number of carbonyl (C=O) groups is 1. The highest BCUT2D eigenvalue weighted by Gasteiger charge is 2.16. The van der Waals surface area contributed by atoms with E-state index in [-0.39, 0.29) is 17.4 Å². The molecule has 0 saturated heterocycles. The van der Waals surface area contributed by atoms with E-state index in [2.05, 4.69) is 25.6 Å². The highest BCUT2D eigenvalue weighted by atomic mass is 32.1. The highest BCUT2D eigenvalue weighted by Crippen LogP contribution is 2.37. The SMILES string of the molecule is CC(=O)NCCc1cccc(Nc2nccc(-c3sc(N(C)c4cc(O)cc(O)c4)nc3C)n2)c1. The van der Waals surface area contributed by atoms with Crippen LogP contribution in [0.25, 0.3) is 10.6 Å². The molecule has 0 saturated carbocycles. The molecule has 35 heavy (non-hydrogen) atoms. The molecule has 0 atom stereocenters. The molecule has 0 unspecified atom stereocenters. The summed E-state index contributed by atoms with van der Waals surface area (Å²) in [6, 6.07) is 14.1. The van der Waals surface area contributed by atoms with Gasteiger partial charge in [-0.15, -0.1) is 0 Å². The lowest BCUT2D eigenvalue weighted by Crippen LogP contribution is -2.22.